The van der Waals surface area contributed by atoms with Crippen molar-refractivity contribution in [3.63, 3.8) is 0 Å². The van der Waals surface area contributed by atoms with Crippen LogP contribution in [0.1, 0.15) is 43.9 Å². The smallest absolute Gasteiger partial charge is 0.244 e. The van der Waals surface area contributed by atoms with E-state index < -0.39 is 28.5 Å². The second-order valence-corrected chi connectivity index (χ2v) is 12.8. The van der Waals surface area contributed by atoms with Crippen LogP contribution in [0.2, 0.25) is 0 Å². The number of carbonyl (C=O) groups excluding carboxylic acids is 2. The summed E-state index contributed by atoms with van der Waals surface area (Å²) in [7, 11) is -3.79. The first kappa shape index (κ1) is 31.4. The molecule has 0 saturated heterocycles. The molecule has 0 fully saturated rings. The molecule has 3 rings (SSSR count). The van der Waals surface area contributed by atoms with Crippen molar-refractivity contribution in [2.75, 3.05) is 17.1 Å². The summed E-state index contributed by atoms with van der Waals surface area (Å²) in [5.41, 5.74) is 3.19. The third-order valence-electron chi connectivity index (χ3n) is 6.85. The number of benzene rings is 3. The summed E-state index contributed by atoms with van der Waals surface area (Å²) in [5.74, 6) is -0.741. The first-order valence-electron chi connectivity index (χ1n) is 13.5. The van der Waals surface area contributed by atoms with Gasteiger partial charge in [0.25, 0.3) is 0 Å². The lowest BCUT2D eigenvalue weighted by atomic mass is 10.0. The maximum atomic E-state index is 14.1. The van der Waals surface area contributed by atoms with Crippen LogP contribution in [0.3, 0.4) is 0 Å². The zero-order chi connectivity index (χ0) is 29.3. The highest BCUT2D eigenvalue weighted by Crippen LogP contribution is 2.22. The number of anilines is 1. The molecule has 3 aromatic rings. The second kappa shape index (κ2) is 14.5. The first-order chi connectivity index (χ1) is 19.0. The van der Waals surface area contributed by atoms with Crippen LogP contribution in [0, 0.1) is 0 Å². The van der Waals surface area contributed by atoms with Gasteiger partial charge >= 0.3 is 0 Å². The first-order valence-corrected chi connectivity index (χ1v) is 16.1. The Morgan fingerprint density at radius 3 is 2.02 bits per heavy atom. The second-order valence-electron chi connectivity index (χ2n) is 9.96. The molecule has 7 nitrogen and oxygen atoms in total. The van der Waals surface area contributed by atoms with E-state index >= 15 is 0 Å². The molecule has 0 aliphatic carbocycles. The highest BCUT2D eigenvalue weighted by atomic mass is 79.9. The molecule has 0 aliphatic rings. The summed E-state index contributed by atoms with van der Waals surface area (Å²) in [6.45, 7) is 5.64. The number of halogens is 1. The van der Waals surface area contributed by atoms with E-state index in [4.69, 9.17) is 0 Å². The number of hydrogen-bond donors (Lipinski definition) is 1. The summed E-state index contributed by atoms with van der Waals surface area (Å²) in [5, 5.41) is 3.04. The molecule has 2 atom stereocenters. The fourth-order valence-electron chi connectivity index (χ4n) is 4.29. The largest absolute Gasteiger partial charge is 0.352 e. The number of amides is 2. The van der Waals surface area contributed by atoms with Gasteiger partial charge in [-0.1, -0.05) is 84.4 Å². The van der Waals surface area contributed by atoms with Crippen LogP contribution in [-0.4, -0.2) is 50.0 Å². The predicted octanol–water partition coefficient (Wildman–Crippen LogP) is 5.33. The number of carbonyl (C=O) groups is 2. The van der Waals surface area contributed by atoms with E-state index in [1.807, 2.05) is 87.5 Å². The van der Waals surface area contributed by atoms with Gasteiger partial charge in [-0.3, -0.25) is 13.9 Å². The minimum absolute atomic E-state index is 0.0833. The van der Waals surface area contributed by atoms with Crippen molar-refractivity contribution in [3.8, 4) is 0 Å². The highest BCUT2D eigenvalue weighted by molar-refractivity contribution is 9.10. The molecule has 9 heteroatoms. The van der Waals surface area contributed by atoms with Crippen LogP contribution in [0.5, 0.6) is 0 Å². The monoisotopic (exact) mass is 627 g/mol. The topological polar surface area (TPSA) is 86.8 Å². The standard InChI is InChI=1S/C31H38BrN3O4S/c1-5-23(3)33-31(37)29(20-25-10-8-7-9-11-25)34(21-26-12-16-27(32)17-13-26)30(36)22-35(40(4,38)39)28-18-14-24(6-2)15-19-28/h7-19,23,29H,5-6,20-22H2,1-4H3,(H,33,37)/t23-,29+/m0/s1. The zero-order valence-corrected chi connectivity index (χ0v) is 25.9. The third kappa shape index (κ3) is 8.93. The molecule has 214 valence electrons. The maximum Gasteiger partial charge on any atom is 0.244 e. The maximum absolute atomic E-state index is 14.1. The van der Waals surface area contributed by atoms with Crippen molar-refractivity contribution in [1.82, 2.24) is 10.2 Å². The normalized spacial score (nSPS) is 12.8. The Bertz CT molecular complexity index is 1360. The van der Waals surface area contributed by atoms with Gasteiger partial charge in [0.1, 0.15) is 12.6 Å². The number of nitrogens with one attached hydrogen (secondary N) is 1. The Labute approximate surface area is 246 Å². The molecule has 3 aromatic carbocycles. The van der Waals surface area contributed by atoms with Crippen molar-refractivity contribution in [1.29, 1.82) is 0 Å². The van der Waals surface area contributed by atoms with Gasteiger partial charge in [0.05, 0.1) is 11.9 Å². The van der Waals surface area contributed by atoms with Crippen LogP contribution in [0.4, 0.5) is 5.69 Å². The summed E-state index contributed by atoms with van der Waals surface area (Å²) in [6.07, 6.45) is 2.92. The fraction of sp³-hybridized carbons (Fsp3) is 0.355. The molecule has 0 saturated carbocycles. The molecular formula is C31H38BrN3O4S. The highest BCUT2D eigenvalue weighted by Gasteiger charge is 2.33. The number of hydrogen-bond acceptors (Lipinski definition) is 4. The number of sulfonamides is 1. The van der Waals surface area contributed by atoms with Crippen molar-refractivity contribution in [2.24, 2.45) is 0 Å². The molecule has 0 spiro atoms. The molecule has 0 unspecified atom stereocenters. The number of nitrogens with zero attached hydrogens (tertiary/aromatic N) is 2. The Hall–Kier alpha value is -3.17. The van der Waals surface area contributed by atoms with E-state index in [2.05, 4.69) is 21.2 Å². The summed E-state index contributed by atoms with van der Waals surface area (Å²) in [4.78, 5) is 29.3. The lowest BCUT2D eigenvalue weighted by molar-refractivity contribution is -0.140. The van der Waals surface area contributed by atoms with E-state index in [9.17, 15) is 18.0 Å². The van der Waals surface area contributed by atoms with Crippen molar-refractivity contribution in [2.45, 2.75) is 58.7 Å². The van der Waals surface area contributed by atoms with Gasteiger partial charge < -0.3 is 10.2 Å². The molecule has 0 aromatic heterocycles. The summed E-state index contributed by atoms with van der Waals surface area (Å²) in [6, 6.07) is 23.3. The van der Waals surface area contributed by atoms with Crippen molar-refractivity contribution >= 4 is 43.5 Å². The number of aryl methyl sites for hydroxylation is 1. The molecule has 2 amide bonds. The van der Waals surface area contributed by atoms with Crippen LogP contribution in [-0.2, 0) is 39.0 Å². The third-order valence-corrected chi connectivity index (χ3v) is 8.52. The average molecular weight is 629 g/mol. The summed E-state index contributed by atoms with van der Waals surface area (Å²) < 4.78 is 27.8. The Kier molecular flexibility index (Phi) is 11.3. The molecular weight excluding hydrogens is 590 g/mol. The van der Waals surface area contributed by atoms with E-state index in [0.717, 1.165) is 44.6 Å². The van der Waals surface area contributed by atoms with E-state index in [1.165, 1.54) is 4.90 Å². The van der Waals surface area contributed by atoms with Crippen LogP contribution in [0.25, 0.3) is 0 Å². The van der Waals surface area contributed by atoms with Gasteiger partial charge in [-0.05, 0) is 60.7 Å². The average Bonchev–Trinajstić information content (AvgIpc) is 2.94. The fourth-order valence-corrected chi connectivity index (χ4v) is 5.41. The lowest BCUT2D eigenvalue weighted by Crippen LogP contribution is -2.54. The van der Waals surface area contributed by atoms with Gasteiger partial charge in [0, 0.05) is 23.5 Å². The SMILES string of the molecule is CCc1ccc(N(CC(=O)N(Cc2ccc(Br)cc2)[C@H](Cc2ccccc2)C(=O)N[C@@H](C)CC)S(C)(=O)=O)cc1. The molecule has 0 aliphatic heterocycles. The minimum atomic E-state index is -3.79. The molecule has 0 bridgehead atoms. The molecule has 1 N–H and O–H groups in total. The van der Waals surface area contributed by atoms with Gasteiger partial charge in [0.2, 0.25) is 21.8 Å². The Morgan fingerprint density at radius 1 is 0.875 bits per heavy atom. The Balaban J connectivity index is 2.04. The molecule has 0 radical (unpaired) electrons. The van der Waals surface area contributed by atoms with E-state index in [0.29, 0.717) is 5.69 Å². The van der Waals surface area contributed by atoms with Gasteiger partial charge in [-0.25, -0.2) is 8.42 Å². The number of rotatable bonds is 13. The van der Waals surface area contributed by atoms with Crippen LogP contribution >= 0.6 is 15.9 Å². The summed E-state index contributed by atoms with van der Waals surface area (Å²) >= 11 is 3.44. The van der Waals surface area contributed by atoms with Crippen LogP contribution < -0.4 is 9.62 Å². The van der Waals surface area contributed by atoms with Gasteiger partial charge in [0.15, 0.2) is 0 Å². The molecule has 40 heavy (non-hydrogen) atoms. The van der Waals surface area contributed by atoms with E-state index in [1.54, 1.807) is 12.1 Å². The Morgan fingerprint density at radius 2 is 1.48 bits per heavy atom. The predicted molar refractivity (Wildman–Crippen MR) is 165 cm³/mol. The van der Waals surface area contributed by atoms with Gasteiger partial charge in [-0.2, -0.15) is 0 Å². The van der Waals surface area contributed by atoms with E-state index in [-0.39, 0.29) is 24.9 Å². The van der Waals surface area contributed by atoms with Crippen molar-refractivity contribution < 1.29 is 18.0 Å². The van der Waals surface area contributed by atoms with Crippen LogP contribution in [0.15, 0.2) is 83.3 Å². The zero-order valence-electron chi connectivity index (χ0n) is 23.5. The lowest BCUT2D eigenvalue weighted by Gasteiger charge is -2.34. The quantitative estimate of drug-likeness (QED) is 0.277. The van der Waals surface area contributed by atoms with Gasteiger partial charge in [-0.15, -0.1) is 0 Å². The van der Waals surface area contributed by atoms with Crippen molar-refractivity contribution in [3.05, 3.63) is 100 Å². The molecule has 0 heterocycles. The minimum Gasteiger partial charge on any atom is -0.352 e.